The van der Waals surface area contributed by atoms with Crippen molar-refractivity contribution < 1.29 is 19.2 Å². The highest BCUT2D eigenvalue weighted by atomic mass is 35.5. The lowest BCUT2D eigenvalue weighted by atomic mass is 9.82. The van der Waals surface area contributed by atoms with E-state index in [-0.39, 0.29) is 40.6 Å². The van der Waals surface area contributed by atoms with E-state index in [1.807, 2.05) is 6.07 Å². The van der Waals surface area contributed by atoms with Crippen LogP contribution >= 0.6 is 11.6 Å². The van der Waals surface area contributed by atoms with Gasteiger partial charge in [0, 0.05) is 22.7 Å². The molecule has 0 aliphatic carbocycles. The third kappa shape index (κ3) is 3.97. The number of esters is 1. The van der Waals surface area contributed by atoms with Crippen molar-refractivity contribution in [1.82, 2.24) is 0 Å². The number of hydrogen-bond acceptors (Lipinski definition) is 7. The van der Waals surface area contributed by atoms with E-state index >= 15 is 0 Å². The highest BCUT2D eigenvalue weighted by molar-refractivity contribution is 6.30. The average molecular weight is 426 g/mol. The molecule has 152 valence electrons. The Morgan fingerprint density at radius 1 is 1.33 bits per heavy atom. The third-order valence-electron chi connectivity index (χ3n) is 4.42. The molecule has 0 amide bonds. The van der Waals surface area contributed by atoms with Crippen molar-refractivity contribution in [2.24, 2.45) is 5.73 Å². The number of nitrogens with two attached hydrogens (primary N) is 1. The zero-order valence-electron chi connectivity index (χ0n) is 15.8. The fourth-order valence-electron chi connectivity index (χ4n) is 3.17. The molecule has 2 N–H and O–H groups in total. The maximum absolute atomic E-state index is 12.9. The minimum Gasteiger partial charge on any atom is -0.463 e. The molecule has 2 aromatic carbocycles. The number of allylic oxidation sites excluding steroid dienone is 1. The Kier molecular flexibility index (Phi) is 6.04. The first-order valence-corrected chi connectivity index (χ1v) is 9.24. The molecule has 1 atom stereocenters. The largest absolute Gasteiger partial charge is 0.463 e. The number of halogens is 1. The summed E-state index contributed by atoms with van der Waals surface area (Å²) in [5.41, 5.74) is 6.59. The van der Waals surface area contributed by atoms with Gasteiger partial charge in [-0.3, -0.25) is 10.1 Å². The van der Waals surface area contributed by atoms with Crippen LogP contribution in [0.25, 0.3) is 5.76 Å². The fourth-order valence-corrected chi connectivity index (χ4v) is 3.37. The summed E-state index contributed by atoms with van der Waals surface area (Å²) in [4.78, 5) is 23.6. The van der Waals surface area contributed by atoms with Crippen molar-refractivity contribution in [1.29, 1.82) is 5.26 Å². The normalized spacial score (nSPS) is 16.0. The topological polar surface area (TPSA) is 128 Å². The van der Waals surface area contributed by atoms with E-state index in [4.69, 9.17) is 26.8 Å². The lowest BCUT2D eigenvalue weighted by molar-refractivity contribution is -0.384. The zero-order valence-corrected chi connectivity index (χ0v) is 16.6. The summed E-state index contributed by atoms with van der Waals surface area (Å²) in [5.74, 6) is -1.88. The summed E-state index contributed by atoms with van der Waals surface area (Å²) in [6, 6.07) is 14.2. The van der Waals surface area contributed by atoms with Gasteiger partial charge in [0.1, 0.15) is 17.4 Å². The zero-order chi connectivity index (χ0) is 21.8. The van der Waals surface area contributed by atoms with Crippen LogP contribution in [0.1, 0.15) is 24.0 Å². The standard InChI is InChI=1S/C21H16ClN3O5/c1-2-29-21(26)18-17(12-5-3-7-14(22)9-12)16(11-23)20(24)30-19(18)13-6-4-8-15(10-13)25(27)28/h3-10,17H,2,24H2,1H3. The number of nitriles is 1. The third-order valence-corrected chi connectivity index (χ3v) is 4.65. The summed E-state index contributed by atoms with van der Waals surface area (Å²) in [6.45, 7) is 1.72. The highest BCUT2D eigenvalue weighted by Crippen LogP contribution is 2.43. The lowest BCUT2D eigenvalue weighted by Gasteiger charge is -2.28. The molecule has 0 bridgehead atoms. The minimum atomic E-state index is -0.921. The van der Waals surface area contributed by atoms with E-state index in [0.29, 0.717) is 10.6 Å². The second-order valence-corrected chi connectivity index (χ2v) is 6.69. The van der Waals surface area contributed by atoms with Gasteiger partial charge in [0.05, 0.1) is 23.0 Å². The van der Waals surface area contributed by atoms with Gasteiger partial charge in [-0.1, -0.05) is 35.9 Å². The molecule has 1 unspecified atom stereocenters. The Morgan fingerprint density at radius 2 is 2.07 bits per heavy atom. The first-order valence-electron chi connectivity index (χ1n) is 8.86. The molecule has 2 aromatic rings. The van der Waals surface area contributed by atoms with Crippen molar-refractivity contribution in [2.45, 2.75) is 12.8 Å². The Morgan fingerprint density at radius 3 is 2.70 bits per heavy atom. The number of ether oxygens (including phenoxy) is 2. The molecule has 1 aliphatic heterocycles. The maximum atomic E-state index is 12.9. The molecule has 0 spiro atoms. The molecule has 30 heavy (non-hydrogen) atoms. The molecule has 0 saturated heterocycles. The molecule has 0 radical (unpaired) electrons. The van der Waals surface area contributed by atoms with Crippen LogP contribution in [0.15, 0.2) is 65.6 Å². The van der Waals surface area contributed by atoms with Crippen LogP contribution in [0.5, 0.6) is 0 Å². The van der Waals surface area contributed by atoms with Crippen molar-refractivity contribution in [2.75, 3.05) is 6.61 Å². The highest BCUT2D eigenvalue weighted by Gasteiger charge is 2.38. The molecule has 3 rings (SSSR count). The van der Waals surface area contributed by atoms with E-state index in [1.54, 1.807) is 37.3 Å². The van der Waals surface area contributed by atoms with Crippen molar-refractivity contribution in [3.63, 3.8) is 0 Å². The minimum absolute atomic E-state index is 0.00497. The maximum Gasteiger partial charge on any atom is 0.338 e. The van der Waals surface area contributed by atoms with Crippen molar-refractivity contribution in [3.05, 3.63) is 91.8 Å². The number of nitro benzene ring substituents is 1. The van der Waals surface area contributed by atoms with Gasteiger partial charge in [0.2, 0.25) is 5.88 Å². The smallest absolute Gasteiger partial charge is 0.338 e. The van der Waals surface area contributed by atoms with Crippen LogP contribution in [-0.4, -0.2) is 17.5 Å². The predicted octanol–water partition coefficient (Wildman–Crippen LogP) is 4.03. The first-order chi connectivity index (χ1) is 14.4. The summed E-state index contributed by atoms with van der Waals surface area (Å²) in [7, 11) is 0. The van der Waals surface area contributed by atoms with E-state index in [2.05, 4.69) is 0 Å². The Hall–Kier alpha value is -3.83. The number of rotatable bonds is 5. The van der Waals surface area contributed by atoms with E-state index < -0.39 is 16.8 Å². The lowest BCUT2D eigenvalue weighted by Crippen LogP contribution is -2.26. The van der Waals surface area contributed by atoms with Gasteiger partial charge in [-0.05, 0) is 24.6 Å². The number of benzene rings is 2. The number of hydrogen-bond donors (Lipinski definition) is 1. The SMILES string of the molecule is CCOC(=O)C1=C(c2cccc([N+](=O)[O-])c2)OC(N)=C(C#N)C1c1cccc(Cl)c1. The predicted molar refractivity (Wildman–Crippen MR) is 109 cm³/mol. The summed E-state index contributed by atoms with van der Waals surface area (Å²) in [5, 5.41) is 21.3. The summed E-state index contributed by atoms with van der Waals surface area (Å²) < 4.78 is 10.8. The summed E-state index contributed by atoms with van der Waals surface area (Å²) in [6.07, 6.45) is 0. The molecular formula is C21H16ClN3O5. The van der Waals surface area contributed by atoms with Gasteiger partial charge in [-0.15, -0.1) is 0 Å². The van der Waals surface area contributed by atoms with Crippen LogP contribution < -0.4 is 5.73 Å². The Balaban J connectivity index is 2.31. The number of non-ortho nitro benzene ring substituents is 1. The van der Waals surface area contributed by atoms with Crippen LogP contribution in [0.2, 0.25) is 5.02 Å². The van der Waals surface area contributed by atoms with Crippen LogP contribution in [0, 0.1) is 21.4 Å². The monoisotopic (exact) mass is 425 g/mol. The van der Waals surface area contributed by atoms with Crippen LogP contribution in [0.3, 0.4) is 0 Å². The number of carbonyl (C=O) groups excluding carboxylic acids is 1. The van der Waals surface area contributed by atoms with Gasteiger partial charge in [-0.25, -0.2) is 4.79 Å². The number of nitrogens with zero attached hydrogens (tertiary/aromatic N) is 2. The second-order valence-electron chi connectivity index (χ2n) is 6.25. The molecule has 1 heterocycles. The van der Waals surface area contributed by atoms with E-state index in [0.717, 1.165) is 0 Å². The molecule has 0 aromatic heterocycles. The quantitative estimate of drug-likeness (QED) is 0.435. The summed E-state index contributed by atoms with van der Waals surface area (Å²) >= 11 is 6.12. The molecule has 0 fully saturated rings. The molecule has 9 heteroatoms. The van der Waals surface area contributed by atoms with Gasteiger partial charge in [0.25, 0.3) is 5.69 Å². The van der Waals surface area contributed by atoms with Gasteiger partial charge in [-0.2, -0.15) is 5.26 Å². The van der Waals surface area contributed by atoms with E-state index in [1.165, 1.54) is 18.2 Å². The van der Waals surface area contributed by atoms with Crippen LogP contribution in [-0.2, 0) is 14.3 Å². The number of carbonyl (C=O) groups is 1. The Labute approximate surface area is 176 Å². The fraction of sp³-hybridized carbons (Fsp3) is 0.143. The number of nitro groups is 1. The van der Waals surface area contributed by atoms with Gasteiger partial charge in [0.15, 0.2) is 0 Å². The van der Waals surface area contributed by atoms with Crippen LogP contribution in [0.4, 0.5) is 5.69 Å². The first kappa shape index (κ1) is 20.9. The Bertz CT molecular complexity index is 1130. The van der Waals surface area contributed by atoms with E-state index in [9.17, 15) is 20.2 Å². The second kappa shape index (κ2) is 8.68. The van der Waals surface area contributed by atoms with Crippen molar-refractivity contribution >= 4 is 29.0 Å². The van der Waals surface area contributed by atoms with Gasteiger partial charge >= 0.3 is 5.97 Å². The average Bonchev–Trinajstić information content (AvgIpc) is 2.73. The molecular weight excluding hydrogens is 410 g/mol. The molecule has 8 nitrogen and oxygen atoms in total. The molecule has 0 saturated carbocycles. The van der Waals surface area contributed by atoms with Crippen molar-refractivity contribution in [3.8, 4) is 6.07 Å². The molecule has 1 aliphatic rings. The van der Waals surface area contributed by atoms with Gasteiger partial charge < -0.3 is 15.2 Å².